The maximum absolute atomic E-state index is 12.7. The van der Waals surface area contributed by atoms with Gasteiger partial charge >= 0.3 is 0 Å². The Kier molecular flexibility index (Phi) is 4.85. The maximum Gasteiger partial charge on any atom is 0.300 e. The van der Waals surface area contributed by atoms with Crippen LogP contribution >= 0.6 is 0 Å². The van der Waals surface area contributed by atoms with Gasteiger partial charge in [0.2, 0.25) is 11.6 Å². The van der Waals surface area contributed by atoms with E-state index in [1.165, 1.54) is 32.1 Å². The van der Waals surface area contributed by atoms with Gasteiger partial charge in [-0.25, -0.2) is 4.98 Å². The van der Waals surface area contributed by atoms with E-state index >= 15 is 0 Å². The summed E-state index contributed by atoms with van der Waals surface area (Å²) >= 11 is 0. The molecule has 2 fully saturated rings. The first-order valence-electron chi connectivity index (χ1n) is 9.54. The number of hydrogen-bond acceptors (Lipinski definition) is 5. The summed E-state index contributed by atoms with van der Waals surface area (Å²) < 4.78 is 5.83. The van der Waals surface area contributed by atoms with E-state index in [1.54, 1.807) is 6.20 Å². The van der Waals surface area contributed by atoms with E-state index in [2.05, 4.69) is 14.9 Å². The number of oxazole rings is 1. The van der Waals surface area contributed by atoms with Gasteiger partial charge in [0, 0.05) is 38.8 Å². The molecule has 134 valence electrons. The Balaban J connectivity index is 1.37. The van der Waals surface area contributed by atoms with Crippen molar-refractivity contribution in [3.8, 4) is 0 Å². The molecule has 1 aliphatic heterocycles. The molecular formula is C19H26N4O2. The molecule has 0 spiro atoms. The van der Waals surface area contributed by atoms with Crippen LogP contribution < -0.4 is 4.90 Å². The van der Waals surface area contributed by atoms with Crippen LogP contribution in [0.5, 0.6) is 0 Å². The van der Waals surface area contributed by atoms with Crippen molar-refractivity contribution in [2.45, 2.75) is 44.9 Å². The third kappa shape index (κ3) is 3.78. The second kappa shape index (κ2) is 7.42. The van der Waals surface area contributed by atoms with Gasteiger partial charge < -0.3 is 14.2 Å². The van der Waals surface area contributed by atoms with Crippen LogP contribution in [0, 0.1) is 5.92 Å². The minimum absolute atomic E-state index is 0.327. The number of carbonyl (C=O) groups is 1. The van der Waals surface area contributed by atoms with Crippen molar-refractivity contribution in [1.29, 1.82) is 0 Å². The minimum Gasteiger partial charge on any atom is -0.422 e. The molecule has 0 bridgehead atoms. The van der Waals surface area contributed by atoms with Crippen LogP contribution in [-0.2, 0) is 4.79 Å². The third-order valence-electron chi connectivity index (χ3n) is 5.46. The fraction of sp³-hybridized carbons (Fsp3) is 0.632. The zero-order chi connectivity index (χ0) is 17.1. The van der Waals surface area contributed by atoms with Crippen LogP contribution in [0.25, 0.3) is 11.2 Å². The first-order chi connectivity index (χ1) is 12.3. The summed E-state index contributed by atoms with van der Waals surface area (Å²) in [6.45, 7) is 3.21. The Morgan fingerprint density at radius 2 is 2.00 bits per heavy atom. The van der Waals surface area contributed by atoms with Crippen LogP contribution in [0.15, 0.2) is 22.7 Å². The van der Waals surface area contributed by atoms with Gasteiger partial charge in [-0.15, -0.1) is 0 Å². The predicted molar refractivity (Wildman–Crippen MR) is 96.4 cm³/mol. The molecule has 6 heteroatoms. The smallest absolute Gasteiger partial charge is 0.300 e. The number of nitrogens with zero attached hydrogens (tertiary/aromatic N) is 4. The molecule has 1 aliphatic carbocycles. The average molecular weight is 342 g/mol. The largest absolute Gasteiger partial charge is 0.422 e. The lowest BCUT2D eigenvalue weighted by atomic mass is 9.86. The molecule has 1 saturated heterocycles. The Labute approximate surface area is 148 Å². The molecule has 2 aromatic heterocycles. The predicted octanol–water partition coefficient (Wildman–Crippen LogP) is 3.23. The van der Waals surface area contributed by atoms with Gasteiger partial charge in [-0.3, -0.25) is 4.79 Å². The molecule has 25 heavy (non-hydrogen) atoms. The van der Waals surface area contributed by atoms with Gasteiger partial charge in [0.05, 0.1) is 0 Å². The molecule has 2 aliphatic rings. The van der Waals surface area contributed by atoms with Gasteiger partial charge in [-0.1, -0.05) is 19.3 Å². The molecule has 6 nitrogen and oxygen atoms in total. The number of fused-ring (bicyclic) bond motifs is 1. The molecule has 1 saturated carbocycles. The topological polar surface area (TPSA) is 62.5 Å². The standard InChI is InChI=1S/C19H26N4O2/c24-17(14-15-6-2-1-3-7-15)22-10-5-11-23(13-12-22)19-21-18-16(25-19)8-4-9-20-18/h4,8-9,15H,1-3,5-7,10-14H2. The van der Waals surface area contributed by atoms with Crippen molar-refractivity contribution in [2.24, 2.45) is 5.92 Å². The Hall–Kier alpha value is -2.11. The highest BCUT2D eigenvalue weighted by atomic mass is 16.4. The molecule has 0 unspecified atom stereocenters. The lowest BCUT2D eigenvalue weighted by Gasteiger charge is -2.26. The van der Waals surface area contributed by atoms with E-state index in [1.807, 2.05) is 17.0 Å². The number of pyridine rings is 1. The second-order valence-corrected chi connectivity index (χ2v) is 7.25. The summed E-state index contributed by atoms with van der Waals surface area (Å²) in [6.07, 6.45) is 9.76. The summed E-state index contributed by atoms with van der Waals surface area (Å²) in [7, 11) is 0. The highest BCUT2D eigenvalue weighted by molar-refractivity contribution is 5.76. The zero-order valence-electron chi connectivity index (χ0n) is 14.7. The number of carbonyl (C=O) groups excluding carboxylic acids is 1. The average Bonchev–Trinajstić information content (AvgIpc) is 2.91. The normalized spacial score (nSPS) is 20.0. The van der Waals surface area contributed by atoms with Crippen LogP contribution in [0.2, 0.25) is 0 Å². The van der Waals surface area contributed by atoms with Crippen molar-refractivity contribution in [2.75, 3.05) is 31.1 Å². The van der Waals surface area contributed by atoms with Gasteiger partial charge in [0.25, 0.3) is 6.01 Å². The van der Waals surface area contributed by atoms with E-state index in [9.17, 15) is 4.79 Å². The van der Waals surface area contributed by atoms with Crippen molar-refractivity contribution in [1.82, 2.24) is 14.9 Å². The summed E-state index contributed by atoms with van der Waals surface area (Å²) in [5.74, 6) is 0.928. The summed E-state index contributed by atoms with van der Waals surface area (Å²) in [6, 6.07) is 4.36. The van der Waals surface area contributed by atoms with Crippen molar-refractivity contribution in [3.63, 3.8) is 0 Å². The molecule has 0 N–H and O–H groups in total. The van der Waals surface area contributed by atoms with Crippen molar-refractivity contribution < 1.29 is 9.21 Å². The monoisotopic (exact) mass is 342 g/mol. The van der Waals surface area contributed by atoms with Gasteiger partial charge in [-0.2, -0.15) is 4.98 Å². The van der Waals surface area contributed by atoms with Gasteiger partial charge in [-0.05, 0) is 37.3 Å². The van der Waals surface area contributed by atoms with E-state index in [4.69, 9.17) is 4.42 Å². The number of hydrogen-bond donors (Lipinski definition) is 0. The molecule has 2 aromatic rings. The summed E-state index contributed by atoms with van der Waals surface area (Å²) in [5, 5.41) is 0. The summed E-state index contributed by atoms with van der Waals surface area (Å²) in [5.41, 5.74) is 1.36. The van der Waals surface area contributed by atoms with Crippen LogP contribution in [0.1, 0.15) is 44.9 Å². The minimum atomic E-state index is 0.327. The highest BCUT2D eigenvalue weighted by Gasteiger charge is 2.24. The Bertz CT molecular complexity index is 690. The molecule has 0 atom stereocenters. The number of amides is 1. The fourth-order valence-corrected chi connectivity index (χ4v) is 4.02. The Morgan fingerprint density at radius 1 is 1.12 bits per heavy atom. The lowest BCUT2D eigenvalue weighted by molar-refractivity contribution is -0.132. The number of anilines is 1. The third-order valence-corrected chi connectivity index (χ3v) is 5.46. The molecule has 0 radical (unpaired) electrons. The van der Waals surface area contributed by atoms with Crippen molar-refractivity contribution in [3.05, 3.63) is 18.3 Å². The first-order valence-corrected chi connectivity index (χ1v) is 9.54. The van der Waals surface area contributed by atoms with Crippen molar-refractivity contribution >= 4 is 23.2 Å². The summed E-state index contributed by atoms with van der Waals surface area (Å²) in [4.78, 5) is 25.6. The van der Waals surface area contributed by atoms with Crippen LogP contribution in [-0.4, -0.2) is 47.0 Å². The van der Waals surface area contributed by atoms with Gasteiger partial charge in [0.15, 0.2) is 5.58 Å². The highest BCUT2D eigenvalue weighted by Crippen LogP contribution is 2.27. The second-order valence-electron chi connectivity index (χ2n) is 7.25. The zero-order valence-corrected chi connectivity index (χ0v) is 14.7. The molecule has 1 amide bonds. The van der Waals surface area contributed by atoms with E-state index < -0.39 is 0 Å². The molecule has 0 aromatic carbocycles. The number of aromatic nitrogens is 2. The van der Waals surface area contributed by atoms with E-state index in [0.717, 1.165) is 39.0 Å². The quantitative estimate of drug-likeness (QED) is 0.857. The SMILES string of the molecule is O=C(CC1CCCCC1)N1CCCN(c2nc3ncccc3o2)CC1. The first kappa shape index (κ1) is 16.4. The van der Waals surface area contributed by atoms with Crippen LogP contribution in [0.3, 0.4) is 0 Å². The molecular weight excluding hydrogens is 316 g/mol. The molecule has 3 heterocycles. The van der Waals surface area contributed by atoms with Crippen LogP contribution in [0.4, 0.5) is 6.01 Å². The fourth-order valence-electron chi connectivity index (χ4n) is 4.02. The molecule has 4 rings (SSSR count). The van der Waals surface area contributed by atoms with E-state index in [0.29, 0.717) is 29.1 Å². The van der Waals surface area contributed by atoms with E-state index in [-0.39, 0.29) is 0 Å². The lowest BCUT2D eigenvalue weighted by Crippen LogP contribution is -2.36. The van der Waals surface area contributed by atoms with Gasteiger partial charge in [0.1, 0.15) is 0 Å². The Morgan fingerprint density at radius 3 is 2.84 bits per heavy atom. The number of rotatable bonds is 3. The maximum atomic E-state index is 12.7.